The van der Waals surface area contributed by atoms with E-state index < -0.39 is 14.9 Å². The second kappa shape index (κ2) is 4.98. The van der Waals surface area contributed by atoms with Crippen LogP contribution in [0.1, 0.15) is 0 Å². The summed E-state index contributed by atoms with van der Waals surface area (Å²) in [6.07, 6.45) is 0. The molecule has 1 rings (SSSR count). The predicted molar refractivity (Wildman–Crippen MR) is 52.9 cm³/mol. The van der Waals surface area contributed by atoms with Gasteiger partial charge in [-0.1, -0.05) is 0 Å². The summed E-state index contributed by atoms with van der Waals surface area (Å²) in [4.78, 5) is 0. The monoisotopic (exact) mass is 256 g/mol. The quantitative estimate of drug-likeness (QED) is 0.482. The van der Waals surface area contributed by atoms with Gasteiger partial charge in [0.2, 0.25) is 0 Å². The van der Waals surface area contributed by atoms with E-state index in [2.05, 4.69) is 10.3 Å². The summed E-state index contributed by atoms with van der Waals surface area (Å²) < 4.78 is 20.1. The maximum atomic E-state index is 10.7. The van der Waals surface area contributed by atoms with Crippen molar-refractivity contribution in [1.29, 1.82) is 0 Å². The minimum absolute atomic E-state index is 0.473. The van der Waals surface area contributed by atoms with Gasteiger partial charge in [0.15, 0.2) is 0 Å². The van der Waals surface area contributed by atoms with Crippen LogP contribution in [0.4, 0.5) is 5.69 Å². The molecule has 1 N–H and O–H groups in total. The molecule has 0 aliphatic rings. The van der Waals surface area contributed by atoms with Crippen LogP contribution in [-0.2, 0) is 3.74 Å². The molecular formula is C8H11AsN3O2. The van der Waals surface area contributed by atoms with Crippen LogP contribution in [0.15, 0.2) is 34.6 Å². The molecule has 0 heterocycles. The molecule has 1 radical (unpaired) electrons. The first kappa shape index (κ1) is 11.0. The van der Waals surface area contributed by atoms with E-state index >= 15 is 0 Å². The molecule has 0 amide bonds. The number of nitrogens with zero attached hydrogens (tertiary/aromatic N) is 3. The van der Waals surface area contributed by atoms with Gasteiger partial charge in [-0.05, 0) is 0 Å². The second-order valence-electron chi connectivity index (χ2n) is 2.83. The Morgan fingerprint density at radius 1 is 1.29 bits per heavy atom. The van der Waals surface area contributed by atoms with Crippen molar-refractivity contribution in [2.45, 2.75) is 0 Å². The van der Waals surface area contributed by atoms with E-state index in [1.807, 2.05) is 0 Å². The van der Waals surface area contributed by atoms with E-state index in [-0.39, 0.29) is 0 Å². The van der Waals surface area contributed by atoms with Crippen LogP contribution in [0.3, 0.4) is 0 Å². The molecule has 0 aliphatic carbocycles. The molecule has 1 aromatic carbocycles. The zero-order chi connectivity index (χ0) is 10.6. The Morgan fingerprint density at radius 3 is 2.29 bits per heavy atom. The van der Waals surface area contributed by atoms with E-state index in [0.29, 0.717) is 10.0 Å². The molecule has 0 saturated heterocycles. The SMILES string of the molecule is CN(C)N=Nc1ccc([As](=O)O)cc1. The van der Waals surface area contributed by atoms with Crippen LogP contribution in [-0.4, -0.2) is 38.1 Å². The molecule has 1 aromatic rings. The normalized spacial score (nSPS) is 11.8. The molecule has 0 bridgehead atoms. The molecule has 0 aromatic heterocycles. The molecule has 0 spiro atoms. The van der Waals surface area contributed by atoms with Gasteiger partial charge in [0, 0.05) is 0 Å². The van der Waals surface area contributed by atoms with Crippen molar-refractivity contribution in [2.75, 3.05) is 14.1 Å². The van der Waals surface area contributed by atoms with E-state index in [1.54, 1.807) is 43.4 Å². The Balaban J connectivity index is 2.78. The number of hydrogen-bond acceptors (Lipinski definition) is 3. The summed E-state index contributed by atoms with van der Waals surface area (Å²) in [5, 5.41) is 9.26. The standard InChI is InChI=1S/C8H11AsN3O2/c1-12(2)11-10-8-5-3-7(4-6-8)9(13)14/h3-6H,1-2H3,(H,13,14). The van der Waals surface area contributed by atoms with Crippen LogP contribution in [0.5, 0.6) is 0 Å². The number of hydrogen-bond donors (Lipinski definition) is 1. The van der Waals surface area contributed by atoms with Crippen LogP contribution in [0.2, 0.25) is 0 Å². The third-order valence-electron chi connectivity index (χ3n) is 1.41. The van der Waals surface area contributed by atoms with Gasteiger partial charge in [-0.3, -0.25) is 0 Å². The number of benzene rings is 1. The molecule has 1 unspecified atom stereocenters. The average Bonchev–Trinajstić information content (AvgIpc) is 2.15. The van der Waals surface area contributed by atoms with E-state index in [1.165, 1.54) is 0 Å². The van der Waals surface area contributed by atoms with E-state index in [4.69, 9.17) is 4.10 Å². The molecule has 5 nitrogen and oxygen atoms in total. The first-order valence-corrected chi connectivity index (χ1v) is 6.49. The van der Waals surface area contributed by atoms with Gasteiger partial charge in [0.05, 0.1) is 0 Å². The summed E-state index contributed by atoms with van der Waals surface area (Å²) in [7, 11) is 3.54. The van der Waals surface area contributed by atoms with Crippen molar-refractivity contribution in [3.63, 3.8) is 0 Å². The second-order valence-corrected chi connectivity index (χ2v) is 5.05. The molecule has 6 heteroatoms. The average molecular weight is 256 g/mol. The van der Waals surface area contributed by atoms with Gasteiger partial charge in [0.25, 0.3) is 0 Å². The van der Waals surface area contributed by atoms with Crippen molar-refractivity contribution in [3.05, 3.63) is 24.3 Å². The van der Waals surface area contributed by atoms with Gasteiger partial charge in [0.1, 0.15) is 0 Å². The van der Waals surface area contributed by atoms with Crippen LogP contribution in [0.25, 0.3) is 0 Å². The van der Waals surface area contributed by atoms with Crippen molar-refractivity contribution in [2.24, 2.45) is 10.3 Å². The number of rotatable bonds is 3. The van der Waals surface area contributed by atoms with Crippen LogP contribution >= 0.6 is 0 Å². The maximum absolute atomic E-state index is 10.7. The Bertz CT molecular complexity index is 348. The summed E-state index contributed by atoms with van der Waals surface area (Å²) in [6.45, 7) is 0. The minimum atomic E-state index is -2.98. The van der Waals surface area contributed by atoms with E-state index in [9.17, 15) is 3.74 Å². The zero-order valence-corrected chi connectivity index (χ0v) is 9.83. The molecule has 1 atom stereocenters. The van der Waals surface area contributed by atoms with Crippen molar-refractivity contribution in [1.82, 2.24) is 5.01 Å². The van der Waals surface area contributed by atoms with Gasteiger partial charge in [-0.15, -0.1) is 0 Å². The first-order chi connectivity index (χ1) is 6.59. The molecule has 0 fully saturated rings. The van der Waals surface area contributed by atoms with Gasteiger partial charge >= 0.3 is 86.5 Å². The predicted octanol–water partition coefficient (Wildman–Crippen LogP) is 0.365. The fraction of sp³-hybridized carbons (Fsp3) is 0.250. The molecular weight excluding hydrogens is 245 g/mol. The Hall–Kier alpha value is -1.06. The van der Waals surface area contributed by atoms with Crippen molar-refractivity contribution < 1.29 is 7.84 Å². The fourth-order valence-electron chi connectivity index (χ4n) is 0.788. The van der Waals surface area contributed by atoms with Crippen LogP contribution in [0, 0.1) is 0 Å². The van der Waals surface area contributed by atoms with Gasteiger partial charge in [-0.2, -0.15) is 0 Å². The van der Waals surface area contributed by atoms with E-state index in [0.717, 1.165) is 0 Å². The summed E-state index contributed by atoms with van der Waals surface area (Å²) in [6, 6.07) is 6.52. The fourth-order valence-corrected chi connectivity index (χ4v) is 1.64. The summed E-state index contributed by atoms with van der Waals surface area (Å²) >= 11 is -2.98. The first-order valence-electron chi connectivity index (χ1n) is 3.95. The molecule has 75 valence electrons. The zero-order valence-electron chi connectivity index (χ0n) is 7.95. The Kier molecular flexibility index (Phi) is 3.92. The topological polar surface area (TPSA) is 65.3 Å². The summed E-state index contributed by atoms with van der Waals surface area (Å²) in [5.41, 5.74) is 0.665. The Labute approximate surface area is 86.9 Å². The third-order valence-corrected chi connectivity index (χ3v) is 2.96. The van der Waals surface area contributed by atoms with Crippen LogP contribution < -0.4 is 4.35 Å². The molecule has 0 saturated carbocycles. The molecule has 0 aliphatic heterocycles. The third kappa shape index (κ3) is 3.36. The van der Waals surface area contributed by atoms with Crippen molar-refractivity contribution >= 4 is 25.0 Å². The Morgan fingerprint density at radius 2 is 1.86 bits per heavy atom. The van der Waals surface area contributed by atoms with Crippen molar-refractivity contribution in [3.8, 4) is 0 Å². The van der Waals surface area contributed by atoms with Gasteiger partial charge in [-0.25, -0.2) is 0 Å². The van der Waals surface area contributed by atoms with Gasteiger partial charge < -0.3 is 0 Å². The molecule has 14 heavy (non-hydrogen) atoms. The summed E-state index contributed by atoms with van der Waals surface area (Å²) in [5.74, 6) is 0.